The van der Waals surface area contributed by atoms with Gasteiger partial charge in [0.15, 0.2) is 0 Å². The van der Waals surface area contributed by atoms with E-state index in [0.29, 0.717) is 17.9 Å². The third-order valence-corrected chi connectivity index (χ3v) is 7.42. The lowest BCUT2D eigenvalue weighted by Crippen LogP contribution is -2.37. The topological polar surface area (TPSA) is 46.6 Å². The number of ether oxygens (including phenoxy) is 1. The molecule has 3 aromatic carbocycles. The summed E-state index contributed by atoms with van der Waals surface area (Å²) in [6.07, 6.45) is 0.669. The molecule has 0 N–H and O–H groups in total. The summed E-state index contributed by atoms with van der Waals surface area (Å²) in [5.41, 5.74) is 3.70. The van der Waals surface area contributed by atoms with E-state index >= 15 is 0 Å². The number of fused-ring (bicyclic) bond motifs is 3. The van der Waals surface area contributed by atoms with E-state index < -0.39 is 10.0 Å². The Bertz CT molecular complexity index is 1130. The Kier molecular flexibility index (Phi) is 4.93. The Balaban J connectivity index is 1.95. The highest BCUT2D eigenvalue weighted by atomic mass is 79.9. The highest BCUT2D eigenvalue weighted by Gasteiger charge is 2.38. The molecule has 1 aliphatic rings. The summed E-state index contributed by atoms with van der Waals surface area (Å²) in [5, 5.41) is 0. The number of benzene rings is 3. The Labute approximate surface area is 174 Å². The number of hydrogen-bond donors (Lipinski definition) is 0. The fourth-order valence-electron chi connectivity index (χ4n) is 3.79. The Hall–Kier alpha value is -2.31. The van der Waals surface area contributed by atoms with Gasteiger partial charge in [-0.3, -0.25) is 4.31 Å². The second-order valence-electron chi connectivity index (χ2n) is 6.65. The molecule has 1 atom stereocenters. The van der Waals surface area contributed by atoms with Gasteiger partial charge < -0.3 is 4.74 Å². The van der Waals surface area contributed by atoms with Crippen molar-refractivity contribution in [2.45, 2.75) is 24.3 Å². The van der Waals surface area contributed by atoms with Crippen LogP contribution in [0.3, 0.4) is 0 Å². The zero-order valence-electron chi connectivity index (χ0n) is 15.6. The minimum atomic E-state index is -3.75. The van der Waals surface area contributed by atoms with E-state index in [-0.39, 0.29) is 10.9 Å². The van der Waals surface area contributed by atoms with Crippen LogP contribution in [0.4, 0.5) is 5.69 Å². The van der Waals surface area contributed by atoms with E-state index in [9.17, 15) is 8.42 Å². The van der Waals surface area contributed by atoms with Gasteiger partial charge in [0.05, 0.1) is 23.7 Å². The standard InChI is InChI=1S/C22H20BrNO3S/c1-3-21-19-7-5-4-6-18(19)20-14-15(23)8-13-22(20)24(21)28(25,26)17-11-9-16(27-2)10-12-17/h4-14,21H,3H2,1-2H3. The van der Waals surface area contributed by atoms with Gasteiger partial charge >= 0.3 is 0 Å². The molecule has 0 spiro atoms. The van der Waals surface area contributed by atoms with Gasteiger partial charge in [-0.25, -0.2) is 8.42 Å². The lowest BCUT2D eigenvalue weighted by atomic mass is 9.89. The smallest absolute Gasteiger partial charge is 0.264 e. The fraction of sp³-hybridized carbons (Fsp3) is 0.182. The highest BCUT2D eigenvalue weighted by Crippen LogP contribution is 2.48. The summed E-state index contributed by atoms with van der Waals surface area (Å²) in [5.74, 6) is 0.624. The van der Waals surface area contributed by atoms with Crippen molar-refractivity contribution in [1.29, 1.82) is 0 Å². The molecule has 4 rings (SSSR count). The van der Waals surface area contributed by atoms with Crippen molar-refractivity contribution >= 4 is 31.6 Å². The van der Waals surface area contributed by atoms with Crippen LogP contribution in [0.1, 0.15) is 24.9 Å². The van der Waals surface area contributed by atoms with Crippen LogP contribution in [-0.2, 0) is 10.0 Å². The predicted molar refractivity (Wildman–Crippen MR) is 115 cm³/mol. The van der Waals surface area contributed by atoms with Crippen molar-refractivity contribution in [3.63, 3.8) is 0 Å². The minimum Gasteiger partial charge on any atom is -0.497 e. The van der Waals surface area contributed by atoms with E-state index in [0.717, 1.165) is 21.2 Å². The molecule has 0 fully saturated rings. The second kappa shape index (κ2) is 7.26. The maximum absolute atomic E-state index is 13.7. The van der Waals surface area contributed by atoms with Gasteiger partial charge in [-0.05, 0) is 60.0 Å². The van der Waals surface area contributed by atoms with Crippen LogP contribution < -0.4 is 9.04 Å². The zero-order valence-corrected chi connectivity index (χ0v) is 18.0. The number of sulfonamides is 1. The molecular formula is C22H20BrNO3S. The molecule has 4 nitrogen and oxygen atoms in total. The first kappa shape index (κ1) is 19.0. The highest BCUT2D eigenvalue weighted by molar-refractivity contribution is 9.10. The second-order valence-corrected chi connectivity index (χ2v) is 9.38. The minimum absolute atomic E-state index is 0.250. The molecule has 1 unspecified atom stereocenters. The quantitative estimate of drug-likeness (QED) is 0.498. The molecular weight excluding hydrogens is 438 g/mol. The first-order valence-electron chi connectivity index (χ1n) is 9.04. The van der Waals surface area contributed by atoms with Crippen molar-refractivity contribution in [1.82, 2.24) is 0 Å². The molecule has 0 amide bonds. The van der Waals surface area contributed by atoms with Gasteiger partial charge in [-0.2, -0.15) is 0 Å². The summed E-state index contributed by atoms with van der Waals surface area (Å²) in [6.45, 7) is 2.02. The largest absolute Gasteiger partial charge is 0.497 e. The van der Waals surface area contributed by atoms with E-state index in [4.69, 9.17) is 4.74 Å². The van der Waals surface area contributed by atoms with Crippen LogP contribution in [-0.4, -0.2) is 15.5 Å². The van der Waals surface area contributed by atoms with E-state index in [1.807, 2.05) is 43.3 Å². The lowest BCUT2D eigenvalue weighted by molar-refractivity contribution is 0.414. The molecule has 1 heterocycles. The monoisotopic (exact) mass is 457 g/mol. The molecule has 0 saturated carbocycles. The zero-order chi connectivity index (χ0) is 19.9. The van der Waals surface area contributed by atoms with Gasteiger partial charge in [0.1, 0.15) is 5.75 Å². The van der Waals surface area contributed by atoms with E-state index in [1.165, 1.54) is 0 Å². The molecule has 0 aliphatic carbocycles. The molecule has 3 aromatic rings. The van der Waals surface area contributed by atoms with Crippen molar-refractivity contribution in [3.8, 4) is 16.9 Å². The van der Waals surface area contributed by atoms with Gasteiger partial charge in [-0.15, -0.1) is 0 Å². The van der Waals surface area contributed by atoms with Crippen molar-refractivity contribution in [3.05, 3.63) is 76.8 Å². The van der Waals surface area contributed by atoms with E-state index in [1.54, 1.807) is 35.7 Å². The Morgan fingerprint density at radius 1 is 1.00 bits per heavy atom. The molecule has 28 heavy (non-hydrogen) atoms. The average Bonchev–Trinajstić information content (AvgIpc) is 2.72. The van der Waals surface area contributed by atoms with Crippen LogP contribution >= 0.6 is 15.9 Å². The maximum Gasteiger partial charge on any atom is 0.264 e. The molecule has 0 bridgehead atoms. The Morgan fingerprint density at radius 2 is 1.71 bits per heavy atom. The fourth-order valence-corrected chi connectivity index (χ4v) is 5.87. The molecule has 0 saturated heterocycles. The molecule has 0 radical (unpaired) electrons. The summed E-state index contributed by atoms with van der Waals surface area (Å²) in [7, 11) is -2.19. The summed E-state index contributed by atoms with van der Waals surface area (Å²) < 4.78 is 35.0. The summed E-state index contributed by atoms with van der Waals surface area (Å²) in [4.78, 5) is 0.250. The number of methoxy groups -OCH3 is 1. The molecule has 0 aromatic heterocycles. The Morgan fingerprint density at radius 3 is 2.39 bits per heavy atom. The van der Waals surface area contributed by atoms with Crippen molar-refractivity contribution in [2.75, 3.05) is 11.4 Å². The maximum atomic E-state index is 13.7. The predicted octanol–water partition coefficient (Wildman–Crippen LogP) is 5.78. The number of anilines is 1. The van der Waals surface area contributed by atoms with Crippen LogP contribution in [0.5, 0.6) is 5.75 Å². The van der Waals surface area contributed by atoms with E-state index in [2.05, 4.69) is 22.0 Å². The lowest BCUT2D eigenvalue weighted by Gasteiger charge is -2.39. The molecule has 144 valence electrons. The van der Waals surface area contributed by atoms with Crippen LogP contribution in [0.25, 0.3) is 11.1 Å². The molecule has 1 aliphatic heterocycles. The van der Waals surface area contributed by atoms with Gasteiger partial charge in [0.2, 0.25) is 0 Å². The SMILES string of the molecule is CCC1c2ccccc2-c2cc(Br)ccc2N1S(=O)(=O)c1ccc(OC)cc1. The summed E-state index contributed by atoms with van der Waals surface area (Å²) >= 11 is 3.52. The first-order chi connectivity index (χ1) is 13.5. The average molecular weight is 458 g/mol. The van der Waals surface area contributed by atoms with Crippen LogP contribution in [0.2, 0.25) is 0 Å². The van der Waals surface area contributed by atoms with Crippen LogP contribution in [0, 0.1) is 0 Å². The normalized spacial score (nSPS) is 15.7. The van der Waals surface area contributed by atoms with Gasteiger partial charge in [0.25, 0.3) is 10.0 Å². The van der Waals surface area contributed by atoms with Crippen molar-refractivity contribution < 1.29 is 13.2 Å². The number of rotatable bonds is 4. The van der Waals surface area contributed by atoms with Gasteiger partial charge in [-0.1, -0.05) is 47.1 Å². The summed E-state index contributed by atoms with van der Waals surface area (Å²) in [6, 6.07) is 20.0. The van der Waals surface area contributed by atoms with Crippen molar-refractivity contribution in [2.24, 2.45) is 0 Å². The first-order valence-corrected chi connectivity index (χ1v) is 11.3. The number of nitrogens with zero attached hydrogens (tertiary/aromatic N) is 1. The molecule has 6 heteroatoms. The third kappa shape index (κ3) is 3.01. The van der Waals surface area contributed by atoms with Crippen LogP contribution in [0.15, 0.2) is 76.1 Å². The number of halogens is 1. The third-order valence-electron chi connectivity index (χ3n) is 5.09. The number of hydrogen-bond acceptors (Lipinski definition) is 3. The van der Waals surface area contributed by atoms with Gasteiger partial charge in [0, 0.05) is 10.0 Å².